The third-order valence-corrected chi connectivity index (χ3v) is 3.29. The van der Waals surface area contributed by atoms with Gasteiger partial charge in [0.2, 0.25) is 0 Å². The molecule has 0 amide bonds. The van der Waals surface area contributed by atoms with Crippen LogP contribution < -0.4 is 5.32 Å². The van der Waals surface area contributed by atoms with Crippen LogP contribution in [0.15, 0.2) is 42.7 Å². The fraction of sp³-hybridized carbons (Fsp3) is 0.267. The second-order valence-corrected chi connectivity index (χ2v) is 4.78. The molecule has 0 saturated heterocycles. The first-order valence-electron chi connectivity index (χ1n) is 6.71. The molecule has 2 aromatic heterocycles. The second kappa shape index (κ2) is 5.79. The molecule has 0 aliphatic carbocycles. The van der Waals surface area contributed by atoms with E-state index in [0.717, 1.165) is 36.5 Å². The number of nitrogens with zero attached hydrogens (tertiary/aromatic N) is 4. The molecule has 3 aromatic rings. The van der Waals surface area contributed by atoms with E-state index < -0.39 is 0 Å². The Morgan fingerprint density at radius 3 is 2.90 bits per heavy atom. The molecule has 0 aliphatic heterocycles. The third kappa shape index (κ3) is 2.83. The zero-order valence-corrected chi connectivity index (χ0v) is 11.5. The highest BCUT2D eigenvalue weighted by Crippen LogP contribution is 2.11. The summed E-state index contributed by atoms with van der Waals surface area (Å²) in [5, 5.41) is 12.5. The van der Waals surface area contributed by atoms with E-state index in [4.69, 9.17) is 0 Å². The van der Waals surface area contributed by atoms with Crippen LogP contribution in [0.4, 0.5) is 0 Å². The molecular formula is C15H17N5. The monoisotopic (exact) mass is 267 g/mol. The summed E-state index contributed by atoms with van der Waals surface area (Å²) in [5.74, 6) is 0.990. The lowest BCUT2D eigenvalue weighted by molar-refractivity contribution is 0.647. The number of pyridine rings is 1. The lowest BCUT2D eigenvalue weighted by atomic mass is 10.2. The van der Waals surface area contributed by atoms with Gasteiger partial charge in [-0.2, -0.15) is 0 Å². The first kappa shape index (κ1) is 12.7. The molecule has 1 N–H and O–H groups in total. The number of para-hydroxylation sites is 1. The van der Waals surface area contributed by atoms with E-state index >= 15 is 0 Å². The molecule has 0 bridgehead atoms. The van der Waals surface area contributed by atoms with E-state index in [1.54, 1.807) is 6.33 Å². The standard InChI is InChI=1S/C15H17N5/c1-20-11-17-19-15(20)8-9-16-10-13-7-6-12-4-2-3-5-14(12)18-13/h2-7,11,16H,8-10H2,1H3. The quantitative estimate of drug-likeness (QED) is 0.715. The molecule has 2 heterocycles. The van der Waals surface area contributed by atoms with Gasteiger partial charge in [-0.1, -0.05) is 24.3 Å². The van der Waals surface area contributed by atoms with Crippen LogP contribution in [0.1, 0.15) is 11.5 Å². The molecule has 20 heavy (non-hydrogen) atoms. The summed E-state index contributed by atoms with van der Waals surface area (Å²) in [6.07, 6.45) is 2.59. The van der Waals surface area contributed by atoms with Crippen LogP contribution in [0, 0.1) is 0 Å². The summed E-state index contributed by atoms with van der Waals surface area (Å²) in [6, 6.07) is 12.3. The highest BCUT2D eigenvalue weighted by molar-refractivity contribution is 5.78. The minimum atomic E-state index is 0.767. The number of nitrogens with one attached hydrogen (secondary N) is 1. The van der Waals surface area contributed by atoms with E-state index in [0.29, 0.717) is 0 Å². The smallest absolute Gasteiger partial charge is 0.133 e. The van der Waals surface area contributed by atoms with Crippen LogP contribution in [-0.2, 0) is 20.0 Å². The Balaban J connectivity index is 1.56. The topological polar surface area (TPSA) is 55.6 Å². The molecule has 0 atom stereocenters. The maximum atomic E-state index is 4.63. The molecule has 0 aliphatic rings. The molecule has 1 aromatic carbocycles. The Hall–Kier alpha value is -2.27. The number of aryl methyl sites for hydroxylation is 1. The Kier molecular flexibility index (Phi) is 3.69. The van der Waals surface area contributed by atoms with E-state index in [1.165, 1.54) is 5.39 Å². The second-order valence-electron chi connectivity index (χ2n) is 4.78. The number of benzene rings is 1. The van der Waals surface area contributed by atoms with E-state index in [-0.39, 0.29) is 0 Å². The Bertz CT molecular complexity index is 704. The fourth-order valence-electron chi connectivity index (χ4n) is 2.16. The summed E-state index contributed by atoms with van der Waals surface area (Å²) >= 11 is 0. The van der Waals surface area contributed by atoms with Crippen molar-refractivity contribution in [1.29, 1.82) is 0 Å². The Morgan fingerprint density at radius 1 is 1.15 bits per heavy atom. The molecule has 0 unspecified atom stereocenters. The number of rotatable bonds is 5. The van der Waals surface area contributed by atoms with Crippen molar-refractivity contribution >= 4 is 10.9 Å². The van der Waals surface area contributed by atoms with Gasteiger partial charge in [-0.15, -0.1) is 10.2 Å². The van der Waals surface area contributed by atoms with Crippen molar-refractivity contribution in [1.82, 2.24) is 25.1 Å². The molecule has 0 radical (unpaired) electrons. The van der Waals surface area contributed by atoms with Gasteiger partial charge < -0.3 is 9.88 Å². The normalized spacial score (nSPS) is 11.1. The lowest BCUT2D eigenvalue weighted by Crippen LogP contribution is -2.18. The van der Waals surface area contributed by atoms with Crippen LogP contribution in [0.5, 0.6) is 0 Å². The van der Waals surface area contributed by atoms with Gasteiger partial charge in [0, 0.05) is 31.9 Å². The molecule has 0 spiro atoms. The number of fused-ring (bicyclic) bond motifs is 1. The molecule has 5 heteroatoms. The first-order chi connectivity index (χ1) is 9.83. The highest BCUT2D eigenvalue weighted by atomic mass is 15.2. The van der Waals surface area contributed by atoms with Crippen LogP contribution in [0.3, 0.4) is 0 Å². The third-order valence-electron chi connectivity index (χ3n) is 3.29. The molecule has 102 valence electrons. The predicted octanol–water partition coefficient (Wildman–Crippen LogP) is 1.70. The fourth-order valence-corrected chi connectivity index (χ4v) is 2.16. The van der Waals surface area contributed by atoms with Crippen molar-refractivity contribution in [2.45, 2.75) is 13.0 Å². The zero-order chi connectivity index (χ0) is 13.8. The van der Waals surface area contributed by atoms with E-state index in [1.807, 2.05) is 29.8 Å². The van der Waals surface area contributed by atoms with E-state index in [9.17, 15) is 0 Å². The minimum absolute atomic E-state index is 0.767. The molecule has 5 nitrogen and oxygen atoms in total. The molecule has 0 saturated carbocycles. The average Bonchev–Trinajstić information content (AvgIpc) is 2.89. The van der Waals surface area contributed by atoms with Gasteiger partial charge in [-0.3, -0.25) is 4.98 Å². The Labute approximate surface area is 117 Å². The lowest BCUT2D eigenvalue weighted by Gasteiger charge is -2.05. The van der Waals surface area contributed by atoms with Crippen LogP contribution in [-0.4, -0.2) is 26.3 Å². The van der Waals surface area contributed by atoms with Gasteiger partial charge in [0.15, 0.2) is 0 Å². The summed E-state index contributed by atoms with van der Waals surface area (Å²) in [6.45, 7) is 1.63. The average molecular weight is 267 g/mol. The summed E-state index contributed by atoms with van der Waals surface area (Å²) < 4.78 is 1.94. The number of aromatic nitrogens is 4. The summed E-state index contributed by atoms with van der Waals surface area (Å²) in [5.41, 5.74) is 2.10. The first-order valence-corrected chi connectivity index (χ1v) is 6.71. The van der Waals surface area contributed by atoms with Gasteiger partial charge in [-0.25, -0.2) is 0 Å². The maximum absolute atomic E-state index is 4.63. The SMILES string of the molecule is Cn1cnnc1CCNCc1ccc2ccccc2n1. The largest absolute Gasteiger partial charge is 0.321 e. The highest BCUT2D eigenvalue weighted by Gasteiger charge is 2.01. The number of hydrogen-bond acceptors (Lipinski definition) is 4. The zero-order valence-electron chi connectivity index (χ0n) is 11.5. The van der Waals surface area contributed by atoms with Crippen LogP contribution in [0.25, 0.3) is 10.9 Å². The summed E-state index contributed by atoms with van der Waals surface area (Å²) in [7, 11) is 1.96. The molecular weight excluding hydrogens is 250 g/mol. The van der Waals surface area contributed by atoms with Gasteiger partial charge in [-0.05, 0) is 12.1 Å². The minimum Gasteiger partial charge on any atom is -0.321 e. The maximum Gasteiger partial charge on any atom is 0.133 e. The van der Waals surface area contributed by atoms with Gasteiger partial charge in [0.1, 0.15) is 12.2 Å². The predicted molar refractivity (Wildman–Crippen MR) is 78.2 cm³/mol. The van der Waals surface area contributed by atoms with Gasteiger partial charge in [0.25, 0.3) is 0 Å². The Morgan fingerprint density at radius 2 is 2.05 bits per heavy atom. The molecule has 3 rings (SSSR count). The van der Waals surface area contributed by atoms with Crippen molar-refractivity contribution < 1.29 is 0 Å². The van der Waals surface area contributed by atoms with Gasteiger partial charge >= 0.3 is 0 Å². The van der Waals surface area contributed by atoms with Crippen molar-refractivity contribution in [3.63, 3.8) is 0 Å². The van der Waals surface area contributed by atoms with Crippen molar-refractivity contribution in [3.05, 3.63) is 54.2 Å². The summed E-state index contributed by atoms with van der Waals surface area (Å²) in [4.78, 5) is 4.63. The molecule has 0 fully saturated rings. The van der Waals surface area contributed by atoms with Gasteiger partial charge in [0.05, 0.1) is 11.2 Å². The van der Waals surface area contributed by atoms with E-state index in [2.05, 4.69) is 38.7 Å². The van der Waals surface area contributed by atoms with Crippen molar-refractivity contribution in [3.8, 4) is 0 Å². The van der Waals surface area contributed by atoms with Crippen LogP contribution >= 0.6 is 0 Å². The van der Waals surface area contributed by atoms with Crippen LogP contribution in [0.2, 0.25) is 0 Å². The van der Waals surface area contributed by atoms with Crippen molar-refractivity contribution in [2.24, 2.45) is 7.05 Å². The number of hydrogen-bond donors (Lipinski definition) is 1. The van der Waals surface area contributed by atoms with Crippen molar-refractivity contribution in [2.75, 3.05) is 6.54 Å².